The summed E-state index contributed by atoms with van der Waals surface area (Å²) >= 11 is 0. The van der Waals surface area contributed by atoms with Gasteiger partial charge in [0.2, 0.25) is 0 Å². The van der Waals surface area contributed by atoms with Crippen LogP contribution >= 0.6 is 0 Å². The van der Waals surface area contributed by atoms with E-state index in [2.05, 4.69) is 145 Å². The fourth-order valence-corrected chi connectivity index (χ4v) is 7.53. The van der Waals surface area contributed by atoms with Crippen molar-refractivity contribution in [1.82, 2.24) is 4.90 Å². The van der Waals surface area contributed by atoms with E-state index in [1.165, 1.54) is 38.9 Å². The normalized spacial score (nSPS) is 16.8. The number of hydrogen-bond donors (Lipinski definition) is 0. The van der Waals surface area contributed by atoms with Gasteiger partial charge < -0.3 is 4.90 Å². The molecule has 6 aromatic rings. The Labute approximate surface area is 257 Å². The second-order valence-corrected chi connectivity index (χ2v) is 11.6. The molecular weight excluding hydrogens is 534 g/mol. The third kappa shape index (κ3) is 3.34. The zero-order valence-electron chi connectivity index (χ0n) is 24.2. The van der Waals surface area contributed by atoms with Crippen molar-refractivity contribution >= 4 is 11.7 Å². The molecule has 1 heterocycles. The average molecular weight is 562 g/mol. The van der Waals surface area contributed by atoms with Crippen LogP contribution in [0.2, 0.25) is 0 Å². The third-order valence-corrected chi connectivity index (χ3v) is 9.39. The predicted molar refractivity (Wildman–Crippen MR) is 177 cm³/mol. The molecule has 3 aliphatic rings. The van der Waals surface area contributed by atoms with Gasteiger partial charge in [0.1, 0.15) is 12.0 Å². The van der Waals surface area contributed by atoms with Crippen LogP contribution in [0.5, 0.6) is 0 Å². The van der Waals surface area contributed by atoms with Gasteiger partial charge in [-0.15, -0.1) is 0 Å². The van der Waals surface area contributed by atoms with Crippen molar-refractivity contribution in [3.63, 3.8) is 0 Å². The van der Waals surface area contributed by atoms with Gasteiger partial charge in [0.15, 0.2) is 5.84 Å². The summed E-state index contributed by atoms with van der Waals surface area (Å²) in [5, 5.41) is 0. The van der Waals surface area contributed by atoms with Crippen LogP contribution in [0, 0.1) is 12.1 Å². The molecule has 2 atom stereocenters. The molecule has 0 amide bonds. The highest BCUT2D eigenvalue weighted by atomic mass is 15.3. The minimum Gasteiger partial charge on any atom is -0.333 e. The summed E-state index contributed by atoms with van der Waals surface area (Å²) in [6.07, 6.45) is -0.198. The second kappa shape index (κ2) is 9.39. The summed E-state index contributed by atoms with van der Waals surface area (Å²) < 4.78 is 0. The lowest BCUT2D eigenvalue weighted by molar-refractivity contribution is 0.383. The van der Waals surface area contributed by atoms with Gasteiger partial charge in [0.05, 0.1) is 5.41 Å². The van der Waals surface area contributed by atoms with Gasteiger partial charge in [0.25, 0.3) is 0 Å². The van der Waals surface area contributed by atoms with Crippen molar-refractivity contribution in [2.45, 2.75) is 11.6 Å². The Kier molecular flexibility index (Phi) is 5.30. The van der Waals surface area contributed by atoms with Crippen molar-refractivity contribution in [2.75, 3.05) is 7.05 Å². The van der Waals surface area contributed by atoms with Crippen LogP contribution in [0.1, 0.15) is 45.1 Å². The number of nitrogens with zero attached hydrogens (tertiary/aromatic N) is 3. The molecule has 3 heteroatoms. The number of rotatable bonds is 3. The fraction of sp³-hybridized carbons (Fsp3) is 0.0732. The Hall–Kier alpha value is -5.72. The van der Waals surface area contributed by atoms with Crippen molar-refractivity contribution in [3.05, 3.63) is 191 Å². The van der Waals surface area contributed by atoms with E-state index in [4.69, 9.17) is 9.98 Å². The molecule has 0 saturated carbocycles. The standard InChI is InChI=1S/C41H27N3/c1-44-39(27-14-4-2-5-15-27)42-38(43-40(44)28-16-6-3-7-17-28)29-24-25-33-32-20-10-13-23-36(32)41(37(33)26-29)34-21-11-8-18-30(34)31-19-9-12-22-35(31)41/h2-8,10-18,20-26,39H,1H3. The molecule has 44 heavy (non-hydrogen) atoms. The second-order valence-electron chi connectivity index (χ2n) is 11.6. The molecule has 0 N–H and O–H groups in total. The van der Waals surface area contributed by atoms with Crippen molar-refractivity contribution in [1.29, 1.82) is 0 Å². The molecule has 206 valence electrons. The van der Waals surface area contributed by atoms with Gasteiger partial charge in [-0.2, -0.15) is 0 Å². The van der Waals surface area contributed by atoms with Crippen molar-refractivity contribution < 1.29 is 0 Å². The van der Waals surface area contributed by atoms with E-state index < -0.39 is 5.41 Å². The first kappa shape index (κ1) is 24.8. The van der Waals surface area contributed by atoms with Gasteiger partial charge in [-0.25, -0.2) is 9.98 Å². The average Bonchev–Trinajstić information content (AvgIpc) is 3.56. The zero-order valence-corrected chi connectivity index (χ0v) is 24.2. The maximum atomic E-state index is 5.30. The highest BCUT2D eigenvalue weighted by molar-refractivity contribution is 6.13. The van der Waals surface area contributed by atoms with Gasteiger partial charge >= 0.3 is 0 Å². The van der Waals surface area contributed by atoms with Crippen molar-refractivity contribution in [3.8, 4) is 22.3 Å². The molecule has 0 radical (unpaired) electrons. The van der Waals surface area contributed by atoms with Crippen LogP contribution in [0.25, 0.3) is 22.3 Å². The van der Waals surface area contributed by atoms with Crippen LogP contribution < -0.4 is 0 Å². The first-order valence-corrected chi connectivity index (χ1v) is 15.0. The molecule has 3 nitrogen and oxygen atoms in total. The summed E-state index contributed by atoms with van der Waals surface area (Å²) in [4.78, 5) is 12.7. The minimum atomic E-state index is -0.448. The zero-order chi connectivity index (χ0) is 29.3. The number of amidine groups is 2. The maximum absolute atomic E-state index is 5.30. The summed E-state index contributed by atoms with van der Waals surface area (Å²) in [6.45, 7) is 0. The van der Waals surface area contributed by atoms with E-state index in [-0.39, 0.29) is 6.17 Å². The number of fused-ring (bicyclic) bond motifs is 10. The Morgan fingerprint density at radius 2 is 1.27 bits per heavy atom. The van der Waals surface area contributed by atoms with E-state index in [9.17, 15) is 0 Å². The molecule has 1 spiro atoms. The number of benzene rings is 5. The largest absolute Gasteiger partial charge is 0.333 e. The lowest BCUT2D eigenvalue weighted by atomic mass is 9.70. The molecule has 0 aromatic heterocycles. The maximum Gasteiger partial charge on any atom is 0.159 e. The molecule has 0 saturated heterocycles. The van der Waals surface area contributed by atoms with Crippen LogP contribution in [-0.4, -0.2) is 23.6 Å². The highest BCUT2D eigenvalue weighted by Gasteiger charge is 2.51. The quantitative estimate of drug-likeness (QED) is 0.213. The van der Waals surface area contributed by atoms with Crippen LogP contribution in [0.4, 0.5) is 0 Å². The van der Waals surface area contributed by atoms with Gasteiger partial charge in [-0.3, -0.25) is 0 Å². The Morgan fingerprint density at radius 3 is 2.07 bits per heavy atom. The van der Waals surface area contributed by atoms with Crippen molar-refractivity contribution in [2.24, 2.45) is 9.98 Å². The van der Waals surface area contributed by atoms with E-state index in [0.717, 1.165) is 33.9 Å². The van der Waals surface area contributed by atoms with E-state index >= 15 is 0 Å². The Balaban J connectivity index is 1.30. The van der Waals surface area contributed by atoms with Crippen LogP contribution in [0.3, 0.4) is 0 Å². The summed E-state index contributed by atoms with van der Waals surface area (Å²) in [5.74, 6) is 1.65. The summed E-state index contributed by atoms with van der Waals surface area (Å²) in [5.41, 5.74) is 12.7. The van der Waals surface area contributed by atoms with Gasteiger partial charge in [0, 0.05) is 23.7 Å². The Morgan fingerprint density at radius 1 is 0.614 bits per heavy atom. The first-order valence-electron chi connectivity index (χ1n) is 15.0. The Bertz CT molecular complexity index is 2080. The number of aliphatic imine (C=N–C) groups is 2. The van der Waals surface area contributed by atoms with E-state index in [1.54, 1.807) is 0 Å². The molecule has 0 fully saturated rings. The monoisotopic (exact) mass is 561 g/mol. The molecule has 1 aliphatic heterocycles. The lowest BCUT2D eigenvalue weighted by Crippen LogP contribution is -2.35. The predicted octanol–water partition coefficient (Wildman–Crippen LogP) is 8.47. The molecule has 6 aromatic carbocycles. The van der Waals surface area contributed by atoms with E-state index in [0.29, 0.717) is 0 Å². The first-order chi connectivity index (χ1) is 21.7. The van der Waals surface area contributed by atoms with Crippen LogP contribution in [0.15, 0.2) is 150 Å². The van der Waals surface area contributed by atoms with Crippen LogP contribution in [-0.2, 0) is 5.41 Å². The lowest BCUT2D eigenvalue weighted by Gasteiger charge is -2.33. The summed E-state index contributed by atoms with van der Waals surface area (Å²) in [6, 6.07) is 56.3. The summed E-state index contributed by atoms with van der Waals surface area (Å²) in [7, 11) is 2.08. The van der Waals surface area contributed by atoms with E-state index in [1.807, 2.05) is 18.2 Å². The highest BCUT2D eigenvalue weighted by Crippen LogP contribution is 2.62. The minimum absolute atomic E-state index is 0.198. The van der Waals surface area contributed by atoms with Gasteiger partial charge in [-0.1, -0.05) is 133 Å². The smallest absolute Gasteiger partial charge is 0.159 e. The molecule has 0 bridgehead atoms. The SMILES string of the molecule is CN1C(c2ccccc2)=NC(c2ccc3c(c2)C2(c4ccc#cc4-c4ccccc42)c2ccccc2-3)=NC1c1ccccc1. The number of hydrogen-bond acceptors (Lipinski definition) is 3. The molecular formula is C41H27N3. The van der Waals surface area contributed by atoms with Gasteiger partial charge in [-0.05, 0) is 62.7 Å². The topological polar surface area (TPSA) is 28.0 Å². The molecule has 2 aliphatic carbocycles. The molecule has 2 unspecified atom stereocenters. The molecule has 9 rings (SSSR count). The third-order valence-electron chi connectivity index (χ3n) is 9.39. The fourth-order valence-electron chi connectivity index (χ4n) is 7.53.